The lowest BCUT2D eigenvalue weighted by atomic mass is 10.2. The molecule has 0 aliphatic rings. The number of nitrogens with one attached hydrogen (secondary N) is 1. The topological polar surface area (TPSA) is 66.5 Å². The van der Waals surface area contributed by atoms with E-state index >= 15 is 0 Å². The van der Waals surface area contributed by atoms with E-state index in [0.29, 0.717) is 6.54 Å². The fourth-order valence-corrected chi connectivity index (χ4v) is 6.03. The Morgan fingerprint density at radius 2 is 1.62 bits per heavy atom. The first-order valence-corrected chi connectivity index (χ1v) is 14.0. The molecule has 0 saturated carbocycles. The lowest BCUT2D eigenvalue weighted by molar-refractivity contribution is -0.119. The van der Waals surface area contributed by atoms with E-state index < -0.39 is 15.9 Å². The monoisotopic (exact) mass is 536 g/mol. The van der Waals surface area contributed by atoms with E-state index in [1.54, 1.807) is 23.9 Å². The van der Waals surface area contributed by atoms with Crippen LogP contribution in [0, 0.1) is 6.92 Å². The second-order valence-corrected chi connectivity index (χ2v) is 11.5. The van der Waals surface area contributed by atoms with E-state index in [2.05, 4.69) is 17.4 Å². The number of nitrogens with zero attached hydrogens (tertiary/aromatic N) is 1. The van der Waals surface area contributed by atoms with E-state index in [9.17, 15) is 13.2 Å². The second-order valence-electron chi connectivity index (χ2n) is 7.69. The smallest absolute Gasteiger partial charge is 0.264 e. The lowest BCUT2D eigenvalue weighted by Crippen LogP contribution is -2.41. The van der Waals surface area contributed by atoms with E-state index in [4.69, 9.17) is 23.2 Å². The summed E-state index contributed by atoms with van der Waals surface area (Å²) in [6.07, 6.45) is 0.775. The predicted octanol–water partition coefficient (Wildman–Crippen LogP) is 5.94. The zero-order valence-corrected chi connectivity index (χ0v) is 21.9. The van der Waals surface area contributed by atoms with E-state index in [0.717, 1.165) is 27.8 Å². The van der Waals surface area contributed by atoms with Crippen molar-refractivity contribution in [3.63, 3.8) is 0 Å². The molecule has 5 nitrogen and oxygen atoms in total. The number of halogens is 2. The number of carbonyl (C=O) groups is 1. The second kappa shape index (κ2) is 12.5. The van der Waals surface area contributed by atoms with Crippen LogP contribution in [0.2, 0.25) is 10.0 Å². The summed E-state index contributed by atoms with van der Waals surface area (Å²) >= 11 is 14.0. The molecule has 0 saturated heterocycles. The first kappa shape index (κ1) is 26.4. The summed E-state index contributed by atoms with van der Waals surface area (Å²) in [5.74, 6) is 1.39. The van der Waals surface area contributed by atoms with Crippen molar-refractivity contribution in [3.8, 4) is 0 Å². The molecule has 0 aromatic heterocycles. The number of hydrogen-bond acceptors (Lipinski definition) is 4. The Balaban J connectivity index is 1.64. The van der Waals surface area contributed by atoms with Crippen LogP contribution in [0.4, 0.5) is 5.69 Å². The Morgan fingerprint density at radius 3 is 2.26 bits per heavy atom. The van der Waals surface area contributed by atoms with Crippen LogP contribution in [0.25, 0.3) is 0 Å². The van der Waals surface area contributed by atoms with E-state index in [1.165, 1.54) is 35.9 Å². The summed E-state index contributed by atoms with van der Waals surface area (Å²) < 4.78 is 27.9. The molecule has 0 spiro atoms. The zero-order valence-electron chi connectivity index (χ0n) is 18.7. The van der Waals surface area contributed by atoms with Gasteiger partial charge in [0.05, 0.1) is 10.6 Å². The minimum absolute atomic E-state index is 0.0827. The van der Waals surface area contributed by atoms with Crippen LogP contribution in [-0.4, -0.2) is 33.2 Å². The van der Waals surface area contributed by atoms with Gasteiger partial charge in [0.1, 0.15) is 6.54 Å². The number of hydrogen-bond donors (Lipinski definition) is 1. The van der Waals surface area contributed by atoms with Crippen LogP contribution in [0.1, 0.15) is 17.5 Å². The Kier molecular flexibility index (Phi) is 9.71. The summed E-state index contributed by atoms with van der Waals surface area (Å²) in [7, 11) is -4.02. The quantitative estimate of drug-likeness (QED) is 0.308. The maximum Gasteiger partial charge on any atom is 0.264 e. The molecule has 3 rings (SSSR count). The summed E-state index contributed by atoms with van der Waals surface area (Å²) in [5, 5.41) is 3.38. The van der Waals surface area contributed by atoms with Crippen molar-refractivity contribution >= 4 is 56.6 Å². The van der Waals surface area contributed by atoms with Gasteiger partial charge >= 0.3 is 0 Å². The SMILES string of the molecule is Cc1ccc(S(=O)(=O)N(CC(=O)NCCCSCc2ccccc2)c2cc(Cl)cc(Cl)c2)cc1. The highest BCUT2D eigenvalue weighted by Gasteiger charge is 2.27. The molecule has 3 aromatic rings. The molecule has 3 aromatic carbocycles. The molecule has 0 unspecified atom stereocenters. The zero-order chi connectivity index (χ0) is 24.6. The largest absolute Gasteiger partial charge is 0.354 e. The van der Waals surface area contributed by atoms with Gasteiger partial charge in [0.2, 0.25) is 5.91 Å². The van der Waals surface area contributed by atoms with Crippen molar-refractivity contribution in [2.24, 2.45) is 0 Å². The number of carbonyl (C=O) groups excluding carboxylic acids is 1. The maximum absolute atomic E-state index is 13.4. The molecule has 0 heterocycles. The van der Waals surface area contributed by atoms with Crippen molar-refractivity contribution in [2.45, 2.75) is 24.0 Å². The number of rotatable bonds is 11. The fraction of sp³-hybridized carbons (Fsp3) is 0.240. The standard InChI is InChI=1S/C25H26Cl2N2O3S2/c1-19-8-10-24(11-9-19)34(31,32)29(23-15-21(26)14-22(27)16-23)17-25(30)28-12-5-13-33-18-20-6-3-2-4-7-20/h2-4,6-11,14-16H,5,12-13,17-18H2,1H3,(H,28,30). The number of amides is 1. The van der Waals surface area contributed by atoms with Gasteiger partial charge in [-0.05, 0) is 55.0 Å². The highest BCUT2D eigenvalue weighted by atomic mass is 35.5. The van der Waals surface area contributed by atoms with Gasteiger partial charge in [-0.15, -0.1) is 0 Å². The summed E-state index contributed by atoms with van der Waals surface area (Å²) in [6.45, 7) is 1.94. The first-order valence-electron chi connectivity index (χ1n) is 10.7. The molecule has 0 atom stereocenters. The number of aryl methyl sites for hydroxylation is 1. The normalized spacial score (nSPS) is 11.3. The Labute approximate surface area is 215 Å². The average Bonchev–Trinajstić information content (AvgIpc) is 2.80. The summed E-state index contributed by atoms with van der Waals surface area (Å²) in [4.78, 5) is 12.8. The van der Waals surface area contributed by atoms with Gasteiger partial charge in [0, 0.05) is 22.3 Å². The van der Waals surface area contributed by atoms with Gasteiger partial charge in [-0.3, -0.25) is 9.10 Å². The minimum atomic E-state index is -4.02. The van der Waals surface area contributed by atoms with Crippen LogP contribution >= 0.6 is 35.0 Å². The van der Waals surface area contributed by atoms with Crippen molar-refractivity contribution in [1.29, 1.82) is 0 Å². The molecule has 34 heavy (non-hydrogen) atoms. The van der Waals surface area contributed by atoms with Gasteiger partial charge in [-0.2, -0.15) is 11.8 Å². The van der Waals surface area contributed by atoms with Crippen LogP contribution in [0.5, 0.6) is 0 Å². The molecular weight excluding hydrogens is 511 g/mol. The van der Waals surface area contributed by atoms with Gasteiger partial charge in [0.25, 0.3) is 10.0 Å². The Morgan fingerprint density at radius 1 is 0.971 bits per heavy atom. The van der Waals surface area contributed by atoms with Crippen molar-refractivity contribution in [3.05, 3.63) is 94.0 Å². The third kappa shape index (κ3) is 7.67. The molecule has 1 amide bonds. The average molecular weight is 538 g/mol. The third-order valence-electron chi connectivity index (χ3n) is 4.93. The third-order valence-corrected chi connectivity index (χ3v) is 8.27. The van der Waals surface area contributed by atoms with Crippen LogP contribution in [-0.2, 0) is 20.6 Å². The van der Waals surface area contributed by atoms with Crippen molar-refractivity contribution in [2.75, 3.05) is 23.1 Å². The van der Waals surface area contributed by atoms with E-state index in [1.807, 2.05) is 25.1 Å². The summed E-state index contributed by atoms with van der Waals surface area (Å²) in [5.41, 5.74) is 2.42. The van der Waals surface area contributed by atoms with Gasteiger partial charge in [-0.1, -0.05) is 71.2 Å². The molecule has 0 aliphatic heterocycles. The number of thioether (sulfide) groups is 1. The van der Waals surface area contributed by atoms with Gasteiger partial charge in [-0.25, -0.2) is 8.42 Å². The first-order chi connectivity index (χ1) is 16.3. The maximum atomic E-state index is 13.4. The highest BCUT2D eigenvalue weighted by molar-refractivity contribution is 7.98. The van der Waals surface area contributed by atoms with Gasteiger partial charge < -0.3 is 5.32 Å². The Hall–Kier alpha value is -2.19. The molecule has 9 heteroatoms. The molecule has 0 bridgehead atoms. The highest BCUT2D eigenvalue weighted by Crippen LogP contribution is 2.29. The summed E-state index contributed by atoms with van der Waals surface area (Å²) in [6, 6.07) is 21.1. The fourth-order valence-electron chi connectivity index (χ4n) is 3.19. The molecular formula is C25H26Cl2N2O3S2. The number of benzene rings is 3. The molecule has 180 valence electrons. The molecule has 0 fully saturated rings. The van der Waals surface area contributed by atoms with Crippen LogP contribution in [0.15, 0.2) is 77.7 Å². The van der Waals surface area contributed by atoms with Crippen molar-refractivity contribution in [1.82, 2.24) is 5.32 Å². The molecule has 1 N–H and O–H groups in total. The number of sulfonamides is 1. The van der Waals surface area contributed by atoms with Crippen LogP contribution < -0.4 is 9.62 Å². The molecule has 0 radical (unpaired) electrons. The van der Waals surface area contributed by atoms with E-state index in [-0.39, 0.29) is 27.2 Å². The number of anilines is 1. The minimum Gasteiger partial charge on any atom is -0.354 e. The predicted molar refractivity (Wildman–Crippen MR) is 142 cm³/mol. The van der Waals surface area contributed by atoms with Gasteiger partial charge in [0.15, 0.2) is 0 Å². The molecule has 0 aliphatic carbocycles. The Bertz CT molecular complexity index is 1180. The lowest BCUT2D eigenvalue weighted by Gasteiger charge is -2.24. The van der Waals surface area contributed by atoms with Crippen molar-refractivity contribution < 1.29 is 13.2 Å². The van der Waals surface area contributed by atoms with Crippen LogP contribution in [0.3, 0.4) is 0 Å².